The maximum Gasteiger partial charge on any atom is 0.269 e. The van der Waals surface area contributed by atoms with Crippen LogP contribution in [0.15, 0.2) is 51.8 Å². The number of benzene rings is 2. The van der Waals surface area contributed by atoms with Crippen molar-refractivity contribution in [2.24, 2.45) is 0 Å². The van der Waals surface area contributed by atoms with Crippen LogP contribution < -0.4 is 5.32 Å². The summed E-state index contributed by atoms with van der Waals surface area (Å²) in [5, 5.41) is 13.4. The van der Waals surface area contributed by atoms with E-state index in [9.17, 15) is 14.9 Å². The summed E-state index contributed by atoms with van der Waals surface area (Å²) in [6, 6.07) is 12.1. The lowest BCUT2D eigenvalue weighted by molar-refractivity contribution is -0.384. The zero-order chi connectivity index (χ0) is 16.1. The third-order valence-electron chi connectivity index (χ3n) is 2.88. The highest BCUT2D eigenvalue weighted by molar-refractivity contribution is 9.10. The quantitative estimate of drug-likeness (QED) is 0.474. The molecule has 1 amide bonds. The number of non-ortho nitro benzene ring substituents is 1. The Morgan fingerprint density at radius 3 is 2.55 bits per heavy atom. The molecule has 2 rings (SSSR count). The van der Waals surface area contributed by atoms with Gasteiger partial charge in [-0.1, -0.05) is 15.9 Å². The van der Waals surface area contributed by atoms with Crippen LogP contribution in [-0.4, -0.2) is 16.6 Å². The maximum atomic E-state index is 11.9. The van der Waals surface area contributed by atoms with Gasteiger partial charge in [0.1, 0.15) is 0 Å². The number of carbonyl (C=O) groups is 1. The van der Waals surface area contributed by atoms with Gasteiger partial charge in [0.25, 0.3) is 5.69 Å². The third-order valence-corrected chi connectivity index (χ3v) is 4.42. The largest absolute Gasteiger partial charge is 0.325 e. The Labute approximate surface area is 140 Å². The van der Waals surface area contributed by atoms with E-state index in [1.54, 1.807) is 13.0 Å². The van der Waals surface area contributed by atoms with Crippen molar-refractivity contribution in [2.45, 2.75) is 11.8 Å². The van der Waals surface area contributed by atoms with Gasteiger partial charge in [-0.3, -0.25) is 14.9 Å². The van der Waals surface area contributed by atoms with Crippen LogP contribution in [0, 0.1) is 17.0 Å². The van der Waals surface area contributed by atoms with Crippen LogP contribution in [0.3, 0.4) is 0 Å². The van der Waals surface area contributed by atoms with Crippen molar-refractivity contribution in [3.05, 3.63) is 62.6 Å². The number of nitro benzene ring substituents is 1. The van der Waals surface area contributed by atoms with Crippen LogP contribution in [0.1, 0.15) is 5.56 Å². The average molecular weight is 381 g/mol. The molecule has 0 aliphatic rings. The van der Waals surface area contributed by atoms with Crippen LogP contribution >= 0.6 is 27.7 Å². The summed E-state index contributed by atoms with van der Waals surface area (Å²) in [5.74, 6) is 0.128. The highest BCUT2D eigenvalue weighted by atomic mass is 79.9. The third kappa shape index (κ3) is 4.57. The van der Waals surface area contributed by atoms with E-state index in [4.69, 9.17) is 0 Å². The first kappa shape index (κ1) is 16.5. The first-order valence-corrected chi connectivity index (χ1v) is 8.17. The summed E-state index contributed by atoms with van der Waals surface area (Å²) < 4.78 is 0.989. The van der Waals surface area contributed by atoms with Crippen LogP contribution in [0.2, 0.25) is 0 Å². The van der Waals surface area contributed by atoms with E-state index in [0.29, 0.717) is 11.3 Å². The van der Waals surface area contributed by atoms with Crippen molar-refractivity contribution in [3.63, 3.8) is 0 Å². The molecular formula is C15H13BrN2O3S. The first-order chi connectivity index (χ1) is 10.5. The normalized spacial score (nSPS) is 10.3. The Bertz CT molecular complexity index is 704. The molecule has 0 unspecified atom stereocenters. The van der Waals surface area contributed by atoms with Crippen LogP contribution in [0.5, 0.6) is 0 Å². The number of rotatable bonds is 5. The molecule has 5 nitrogen and oxygen atoms in total. The minimum absolute atomic E-state index is 0.0136. The van der Waals surface area contributed by atoms with E-state index in [1.165, 1.54) is 23.9 Å². The predicted molar refractivity (Wildman–Crippen MR) is 91.3 cm³/mol. The van der Waals surface area contributed by atoms with Gasteiger partial charge in [-0.2, -0.15) is 0 Å². The second-order valence-electron chi connectivity index (χ2n) is 4.55. The highest BCUT2D eigenvalue weighted by Gasteiger charge is 2.10. The minimum atomic E-state index is -0.456. The van der Waals surface area contributed by atoms with Gasteiger partial charge in [0.05, 0.1) is 10.7 Å². The second kappa shape index (κ2) is 7.42. The lowest BCUT2D eigenvalue weighted by Crippen LogP contribution is -2.14. The predicted octanol–water partition coefficient (Wildman–Crippen LogP) is 4.40. The van der Waals surface area contributed by atoms with E-state index >= 15 is 0 Å². The maximum absolute atomic E-state index is 11.9. The van der Waals surface area contributed by atoms with E-state index in [1.807, 2.05) is 24.3 Å². The lowest BCUT2D eigenvalue weighted by atomic mass is 10.2. The van der Waals surface area contributed by atoms with Crippen LogP contribution in [-0.2, 0) is 4.79 Å². The number of hydrogen-bond donors (Lipinski definition) is 1. The van der Waals surface area contributed by atoms with Gasteiger partial charge in [-0.25, -0.2) is 0 Å². The highest BCUT2D eigenvalue weighted by Crippen LogP contribution is 2.23. The van der Waals surface area contributed by atoms with Crippen molar-refractivity contribution in [1.29, 1.82) is 0 Å². The first-order valence-electron chi connectivity index (χ1n) is 6.39. The number of anilines is 1. The molecule has 0 radical (unpaired) electrons. The van der Waals surface area contributed by atoms with Gasteiger partial charge in [0.15, 0.2) is 0 Å². The number of nitrogens with one attached hydrogen (secondary N) is 1. The van der Waals surface area contributed by atoms with E-state index in [0.717, 1.165) is 9.37 Å². The van der Waals surface area contributed by atoms with Crippen molar-refractivity contribution >= 4 is 45.0 Å². The molecule has 0 fully saturated rings. The van der Waals surface area contributed by atoms with Crippen molar-refractivity contribution in [2.75, 3.05) is 11.1 Å². The molecule has 7 heteroatoms. The van der Waals surface area contributed by atoms with Gasteiger partial charge >= 0.3 is 0 Å². The molecule has 114 valence electrons. The Balaban J connectivity index is 1.94. The van der Waals surface area contributed by atoms with Crippen LogP contribution in [0.25, 0.3) is 0 Å². The van der Waals surface area contributed by atoms with Gasteiger partial charge in [-0.15, -0.1) is 11.8 Å². The average Bonchev–Trinajstić information content (AvgIpc) is 2.48. The number of nitro groups is 1. The molecular weight excluding hydrogens is 368 g/mol. The minimum Gasteiger partial charge on any atom is -0.325 e. The second-order valence-corrected chi connectivity index (χ2v) is 6.51. The van der Waals surface area contributed by atoms with Crippen molar-refractivity contribution in [1.82, 2.24) is 0 Å². The molecule has 0 bridgehead atoms. The van der Waals surface area contributed by atoms with Gasteiger partial charge in [0, 0.05) is 27.2 Å². The topological polar surface area (TPSA) is 72.2 Å². The molecule has 2 aromatic carbocycles. The standard InChI is InChI=1S/C15H13BrN2O3S/c1-10-8-12(18(20)21)4-7-14(10)17-15(19)9-22-13-5-2-11(16)3-6-13/h2-8H,9H2,1H3,(H,17,19). The monoisotopic (exact) mass is 380 g/mol. The Kier molecular flexibility index (Phi) is 5.57. The van der Waals surface area contributed by atoms with E-state index < -0.39 is 4.92 Å². The zero-order valence-electron chi connectivity index (χ0n) is 11.7. The van der Waals surface area contributed by atoms with Crippen molar-refractivity contribution < 1.29 is 9.72 Å². The van der Waals surface area contributed by atoms with Gasteiger partial charge in [-0.05, 0) is 42.8 Å². The number of aryl methyl sites for hydroxylation is 1. The Morgan fingerprint density at radius 2 is 1.95 bits per heavy atom. The lowest BCUT2D eigenvalue weighted by Gasteiger charge is -2.08. The number of thioether (sulfide) groups is 1. The smallest absolute Gasteiger partial charge is 0.269 e. The molecule has 2 aromatic rings. The summed E-state index contributed by atoms with van der Waals surface area (Å²) in [7, 11) is 0. The molecule has 22 heavy (non-hydrogen) atoms. The molecule has 0 saturated carbocycles. The number of carbonyl (C=O) groups excluding carboxylic acids is 1. The molecule has 0 heterocycles. The summed E-state index contributed by atoms with van der Waals surface area (Å²) >= 11 is 4.79. The summed E-state index contributed by atoms with van der Waals surface area (Å²) in [6.45, 7) is 1.73. The summed E-state index contributed by atoms with van der Waals surface area (Å²) in [6.07, 6.45) is 0. The van der Waals surface area contributed by atoms with Crippen LogP contribution in [0.4, 0.5) is 11.4 Å². The molecule has 0 spiro atoms. The van der Waals surface area contributed by atoms with E-state index in [-0.39, 0.29) is 17.3 Å². The zero-order valence-corrected chi connectivity index (χ0v) is 14.1. The van der Waals surface area contributed by atoms with E-state index in [2.05, 4.69) is 21.2 Å². The van der Waals surface area contributed by atoms with Crippen molar-refractivity contribution in [3.8, 4) is 0 Å². The SMILES string of the molecule is Cc1cc([N+](=O)[O-])ccc1NC(=O)CSc1ccc(Br)cc1. The fraction of sp³-hybridized carbons (Fsp3) is 0.133. The number of hydrogen-bond acceptors (Lipinski definition) is 4. The molecule has 0 saturated heterocycles. The molecule has 0 aliphatic heterocycles. The number of nitrogens with zero attached hydrogens (tertiary/aromatic N) is 1. The fourth-order valence-electron chi connectivity index (χ4n) is 1.77. The molecule has 0 atom stereocenters. The fourth-order valence-corrected chi connectivity index (χ4v) is 2.73. The summed E-state index contributed by atoms with van der Waals surface area (Å²) in [5.41, 5.74) is 1.27. The van der Waals surface area contributed by atoms with Gasteiger partial charge < -0.3 is 5.32 Å². The number of halogens is 1. The van der Waals surface area contributed by atoms with Gasteiger partial charge in [0.2, 0.25) is 5.91 Å². The molecule has 1 N–H and O–H groups in total. The Morgan fingerprint density at radius 1 is 1.27 bits per heavy atom. The number of amides is 1. The summed E-state index contributed by atoms with van der Waals surface area (Å²) in [4.78, 5) is 23.2. The molecule has 0 aromatic heterocycles. The Hall–Kier alpha value is -1.86. The molecule has 0 aliphatic carbocycles.